The minimum Gasteiger partial charge on any atom is -0.493 e. The van der Waals surface area contributed by atoms with Gasteiger partial charge in [-0.2, -0.15) is 9.97 Å². The number of urea groups is 2. The molecule has 72 heavy (non-hydrogen) atoms. The van der Waals surface area contributed by atoms with Gasteiger partial charge in [0.15, 0.2) is 46.3 Å². The van der Waals surface area contributed by atoms with Crippen LogP contribution in [0, 0.1) is 23.3 Å². The van der Waals surface area contributed by atoms with Crippen LogP contribution in [0.2, 0.25) is 0 Å². The zero-order chi connectivity index (χ0) is 52.0. The van der Waals surface area contributed by atoms with Crippen molar-refractivity contribution in [3.05, 3.63) is 58.9 Å². The number of aromatic nitrogens is 4. The van der Waals surface area contributed by atoms with E-state index in [2.05, 4.69) is 30.6 Å². The Bertz CT molecular complexity index is 2350. The van der Waals surface area contributed by atoms with Crippen molar-refractivity contribution in [2.24, 2.45) is 11.5 Å². The number of benzene rings is 2. The quantitative estimate of drug-likeness (QED) is 0.0662. The largest absolute Gasteiger partial charge is 0.493 e. The summed E-state index contributed by atoms with van der Waals surface area (Å²) in [6.07, 6.45) is 4.83. The predicted octanol–water partition coefficient (Wildman–Crippen LogP) is 3.51. The molecule has 4 aromatic rings. The molecule has 4 atom stereocenters. The van der Waals surface area contributed by atoms with Gasteiger partial charge in [0.2, 0.25) is 11.9 Å². The Morgan fingerprint density at radius 1 is 0.583 bits per heavy atom. The van der Waals surface area contributed by atoms with Crippen LogP contribution in [-0.2, 0) is 13.1 Å². The number of hydrogen-bond acceptors (Lipinski definition) is 18. The molecule has 4 aliphatic rings. The average molecular weight is 1020 g/mol. The summed E-state index contributed by atoms with van der Waals surface area (Å²) in [6.45, 7) is -0.736. The van der Waals surface area contributed by atoms with Crippen molar-refractivity contribution in [1.82, 2.24) is 19.9 Å². The van der Waals surface area contributed by atoms with Gasteiger partial charge < -0.3 is 61.5 Å². The van der Waals surface area contributed by atoms with Gasteiger partial charge in [-0.1, -0.05) is 25.7 Å². The Hall–Kier alpha value is -6.58. The van der Waals surface area contributed by atoms with Gasteiger partial charge in [-0.05, 0) is 25.7 Å². The lowest BCUT2D eigenvalue weighted by atomic mass is 10.1. The third-order valence-corrected chi connectivity index (χ3v) is 13.0. The third-order valence-electron chi connectivity index (χ3n) is 13.0. The van der Waals surface area contributed by atoms with Crippen LogP contribution in [-0.4, -0.2) is 144 Å². The Morgan fingerprint density at radius 3 is 1.19 bits per heavy atom. The summed E-state index contributed by atoms with van der Waals surface area (Å²) in [5.41, 5.74) is 10.5. The van der Waals surface area contributed by atoms with Crippen molar-refractivity contribution < 1.29 is 66.5 Å². The molecule has 2 aliphatic heterocycles. The highest BCUT2D eigenvalue weighted by atomic mass is 19.1. The number of fused-ring (bicyclic) bond motifs is 2. The molecule has 0 saturated heterocycles. The van der Waals surface area contributed by atoms with E-state index in [4.69, 9.17) is 30.4 Å². The monoisotopic (exact) mass is 1020 g/mol. The summed E-state index contributed by atoms with van der Waals surface area (Å²) in [6, 6.07) is 0.469. The number of aliphatic hydroxyl groups excluding tert-OH is 4. The molecule has 8 rings (SSSR count). The zero-order valence-corrected chi connectivity index (χ0v) is 40.2. The summed E-state index contributed by atoms with van der Waals surface area (Å²) in [5.74, 6) is -4.23. The summed E-state index contributed by atoms with van der Waals surface area (Å²) in [7, 11) is 4.96. The predicted molar refractivity (Wildman–Crippen MR) is 255 cm³/mol. The van der Waals surface area contributed by atoms with E-state index in [-0.39, 0.29) is 86.2 Å². The number of aliphatic hydroxyl groups is 4. The van der Waals surface area contributed by atoms with Crippen LogP contribution in [0.5, 0.6) is 23.0 Å². The first-order valence-corrected chi connectivity index (χ1v) is 23.3. The number of nitrogens with zero attached hydrogens (tertiary/aromatic N) is 8. The summed E-state index contributed by atoms with van der Waals surface area (Å²) in [4.78, 5) is 49.9. The molecule has 0 bridgehead atoms. The average Bonchev–Trinajstić information content (AvgIpc) is 4.14. The summed E-state index contributed by atoms with van der Waals surface area (Å²) < 4.78 is 81.3. The molecule has 4 heterocycles. The second-order valence-electron chi connectivity index (χ2n) is 17.5. The number of carbonyl (C=O) groups excluding carboxylic acids is 2. The van der Waals surface area contributed by atoms with Crippen LogP contribution in [0.3, 0.4) is 0 Å². The van der Waals surface area contributed by atoms with Crippen molar-refractivity contribution in [2.45, 2.75) is 101 Å². The summed E-state index contributed by atoms with van der Waals surface area (Å²) >= 11 is 0. The fraction of sp³-hybridized carbons (Fsp3) is 0.522. The van der Waals surface area contributed by atoms with Gasteiger partial charge in [-0.15, -0.1) is 0 Å². The second kappa shape index (κ2) is 23.3. The number of hydrogen-bond donors (Lipinski definition) is 8. The molecule has 4 unspecified atom stereocenters. The number of carbonyl (C=O) groups is 2. The number of amides is 4. The Kier molecular flexibility index (Phi) is 17.2. The van der Waals surface area contributed by atoms with Crippen LogP contribution in [0.1, 0.15) is 62.5 Å². The van der Waals surface area contributed by atoms with Gasteiger partial charge in [-0.3, -0.25) is 19.6 Å². The second-order valence-corrected chi connectivity index (χ2v) is 17.5. The van der Waals surface area contributed by atoms with Crippen LogP contribution >= 0.6 is 0 Å². The molecule has 22 nitrogen and oxygen atoms in total. The molecule has 4 amide bonds. The standard InChI is InChI=1S/2C23H30F2N6O5/c2*1-35-16-7-17(36-2)19(25)20(18(16)24)30-11-12-9-27-22(28-10-15(33)14(32)8-26)29-21(12)31(23(30)34)13-5-3-4-6-13/h2*7,9,13-15,32-33H,3-6,8,10-11,26H2,1-2H3,(H,27,28,29). The van der Waals surface area contributed by atoms with Gasteiger partial charge in [0.05, 0.1) is 65.9 Å². The van der Waals surface area contributed by atoms with Crippen molar-refractivity contribution in [1.29, 1.82) is 0 Å². The van der Waals surface area contributed by atoms with Crippen molar-refractivity contribution in [2.75, 3.05) is 84.9 Å². The molecule has 2 aromatic heterocycles. The third kappa shape index (κ3) is 10.8. The highest BCUT2D eigenvalue weighted by Crippen LogP contribution is 2.44. The van der Waals surface area contributed by atoms with Crippen LogP contribution in [0.4, 0.5) is 62.1 Å². The molecule has 10 N–H and O–H groups in total. The lowest BCUT2D eigenvalue weighted by molar-refractivity contribution is 0.0337. The number of ether oxygens (including phenoxy) is 4. The molecule has 2 aliphatic carbocycles. The molecular formula is C46H60F4N12O10. The van der Waals surface area contributed by atoms with E-state index in [1.165, 1.54) is 50.6 Å². The van der Waals surface area contributed by atoms with Gasteiger partial charge >= 0.3 is 12.1 Å². The molecule has 2 fully saturated rings. The molecule has 26 heteroatoms. The Morgan fingerprint density at radius 2 is 0.903 bits per heavy atom. The number of anilines is 6. The highest BCUT2D eigenvalue weighted by Gasteiger charge is 2.43. The van der Waals surface area contributed by atoms with Gasteiger partial charge in [0, 0.05) is 73.9 Å². The molecule has 0 spiro atoms. The van der Waals surface area contributed by atoms with E-state index in [0.29, 0.717) is 48.4 Å². The lowest BCUT2D eigenvalue weighted by Gasteiger charge is -2.39. The van der Waals surface area contributed by atoms with E-state index in [1.54, 1.807) is 0 Å². The zero-order valence-electron chi connectivity index (χ0n) is 40.2. The Labute approximate surface area is 411 Å². The van der Waals surface area contributed by atoms with Gasteiger partial charge in [0.1, 0.15) is 23.0 Å². The highest BCUT2D eigenvalue weighted by molar-refractivity contribution is 6.07. The SMILES string of the molecule is COc1cc(OC)c(F)c(N2Cc3cnc(NCC(O)C(O)CN)nc3N(C3CCCC3)C2=O)c1F.COc1cc(OC)c(F)c(N2Cc3cnc(NCC(O)C(O)CN)nc3N(C3CCCC3)C2=O)c1F. The minimum atomic E-state index is -1.15. The topological polar surface area (TPSA) is 293 Å². The van der Waals surface area contributed by atoms with E-state index >= 15 is 17.6 Å². The lowest BCUT2D eigenvalue weighted by Crippen LogP contribution is -2.52. The molecular weight excluding hydrogens is 957 g/mol. The van der Waals surface area contributed by atoms with Gasteiger partial charge in [0.25, 0.3) is 0 Å². The first-order valence-electron chi connectivity index (χ1n) is 23.3. The number of methoxy groups -OCH3 is 4. The van der Waals surface area contributed by atoms with E-state index < -0.39 is 71.1 Å². The molecule has 0 radical (unpaired) electrons. The smallest absolute Gasteiger partial charge is 0.330 e. The molecule has 392 valence electrons. The maximum atomic E-state index is 15.3. The first-order chi connectivity index (χ1) is 34.6. The fourth-order valence-corrected chi connectivity index (χ4v) is 9.05. The van der Waals surface area contributed by atoms with Crippen molar-refractivity contribution in [3.63, 3.8) is 0 Å². The van der Waals surface area contributed by atoms with Crippen LogP contribution < -0.4 is 60.6 Å². The first kappa shape index (κ1) is 53.2. The van der Waals surface area contributed by atoms with Gasteiger partial charge in [-0.25, -0.2) is 37.1 Å². The van der Waals surface area contributed by atoms with E-state index in [9.17, 15) is 30.0 Å². The molecule has 2 saturated carbocycles. The number of nitrogens with two attached hydrogens (primary N) is 2. The molecule has 2 aromatic carbocycles. The maximum Gasteiger partial charge on any atom is 0.330 e. The summed E-state index contributed by atoms with van der Waals surface area (Å²) in [5, 5.41) is 45.0. The normalized spacial score (nSPS) is 17.7. The fourth-order valence-electron chi connectivity index (χ4n) is 9.05. The minimum absolute atomic E-state index is 0.0688. The van der Waals surface area contributed by atoms with E-state index in [1.807, 2.05) is 0 Å². The number of rotatable bonds is 18. The van der Waals surface area contributed by atoms with Crippen molar-refractivity contribution in [3.8, 4) is 23.0 Å². The van der Waals surface area contributed by atoms with Crippen LogP contribution in [0.25, 0.3) is 0 Å². The maximum absolute atomic E-state index is 15.3. The Balaban J connectivity index is 0.000000211. The number of nitrogens with one attached hydrogen (secondary N) is 2. The van der Waals surface area contributed by atoms with Crippen molar-refractivity contribution >= 4 is 47.0 Å². The van der Waals surface area contributed by atoms with E-state index in [0.717, 1.165) is 47.6 Å². The number of halogens is 4. The van der Waals surface area contributed by atoms with Crippen LogP contribution in [0.15, 0.2) is 24.5 Å².